The van der Waals surface area contributed by atoms with Gasteiger partial charge in [0.2, 0.25) is 0 Å². The van der Waals surface area contributed by atoms with Crippen molar-refractivity contribution in [2.75, 3.05) is 28.7 Å². The summed E-state index contributed by atoms with van der Waals surface area (Å²) in [7, 11) is 0. The van der Waals surface area contributed by atoms with E-state index < -0.39 is 0 Å². The molecule has 1 aromatic heterocycles. The Morgan fingerprint density at radius 3 is 2.60 bits per heavy atom. The molecule has 1 saturated heterocycles. The minimum Gasteiger partial charge on any atom is -0.370 e. The number of hydrogen-bond acceptors (Lipinski definition) is 5. The van der Waals surface area contributed by atoms with E-state index in [2.05, 4.69) is 41.4 Å². The Kier molecular flexibility index (Phi) is 5.95. The first kappa shape index (κ1) is 15.4. The van der Waals surface area contributed by atoms with E-state index in [4.69, 9.17) is 0 Å². The molecule has 20 heavy (non-hydrogen) atoms. The molecule has 2 N–H and O–H groups in total. The molecular formula is C15H26N4S. The number of nitrogens with one attached hydrogen (secondary N) is 2. The first-order chi connectivity index (χ1) is 9.69. The van der Waals surface area contributed by atoms with Crippen molar-refractivity contribution < 1.29 is 0 Å². The van der Waals surface area contributed by atoms with Crippen LogP contribution < -0.4 is 10.6 Å². The average Bonchev–Trinajstić information content (AvgIpc) is 2.46. The van der Waals surface area contributed by atoms with E-state index in [1.54, 1.807) is 0 Å². The Labute approximate surface area is 126 Å². The van der Waals surface area contributed by atoms with Gasteiger partial charge in [-0.1, -0.05) is 20.8 Å². The summed E-state index contributed by atoms with van der Waals surface area (Å²) in [5, 5.41) is 6.96. The van der Waals surface area contributed by atoms with Crippen molar-refractivity contribution in [1.82, 2.24) is 9.97 Å². The van der Waals surface area contributed by atoms with Gasteiger partial charge in [-0.05, 0) is 30.8 Å². The van der Waals surface area contributed by atoms with Crippen LogP contribution in [0.3, 0.4) is 0 Å². The fourth-order valence-corrected chi connectivity index (χ4v) is 3.30. The molecule has 0 bridgehead atoms. The van der Waals surface area contributed by atoms with Gasteiger partial charge in [0.1, 0.15) is 17.5 Å². The molecule has 1 fully saturated rings. The third kappa shape index (κ3) is 4.54. The fraction of sp³-hybridized carbons (Fsp3) is 0.733. The molecule has 1 aromatic rings. The lowest BCUT2D eigenvalue weighted by Gasteiger charge is -2.23. The smallest absolute Gasteiger partial charge is 0.135 e. The highest BCUT2D eigenvalue weighted by atomic mass is 32.2. The van der Waals surface area contributed by atoms with Crippen LogP contribution >= 0.6 is 11.8 Å². The third-order valence-corrected chi connectivity index (χ3v) is 4.44. The third-order valence-electron chi connectivity index (χ3n) is 3.39. The van der Waals surface area contributed by atoms with E-state index in [1.807, 2.05) is 17.8 Å². The van der Waals surface area contributed by atoms with Crippen LogP contribution in [0.15, 0.2) is 6.07 Å². The number of thioether (sulfide) groups is 1. The second-order valence-corrected chi connectivity index (χ2v) is 6.83. The molecule has 1 aliphatic rings. The molecule has 0 saturated carbocycles. The summed E-state index contributed by atoms with van der Waals surface area (Å²) in [5.74, 6) is 5.68. The highest BCUT2D eigenvalue weighted by molar-refractivity contribution is 7.99. The van der Waals surface area contributed by atoms with Gasteiger partial charge in [0, 0.05) is 24.6 Å². The monoisotopic (exact) mass is 294 g/mol. The maximum Gasteiger partial charge on any atom is 0.135 e. The van der Waals surface area contributed by atoms with Gasteiger partial charge in [0.15, 0.2) is 0 Å². The van der Waals surface area contributed by atoms with Crippen molar-refractivity contribution in [2.45, 2.75) is 52.0 Å². The van der Waals surface area contributed by atoms with Crippen molar-refractivity contribution in [3.05, 3.63) is 11.9 Å². The van der Waals surface area contributed by atoms with Gasteiger partial charge in [0.05, 0.1) is 0 Å². The zero-order valence-electron chi connectivity index (χ0n) is 12.8. The molecule has 0 amide bonds. The molecule has 1 aliphatic heterocycles. The van der Waals surface area contributed by atoms with Gasteiger partial charge < -0.3 is 10.6 Å². The van der Waals surface area contributed by atoms with Gasteiger partial charge >= 0.3 is 0 Å². The molecule has 2 heterocycles. The molecule has 0 aromatic carbocycles. The zero-order chi connectivity index (χ0) is 14.4. The van der Waals surface area contributed by atoms with Gasteiger partial charge in [-0.15, -0.1) is 0 Å². The topological polar surface area (TPSA) is 49.8 Å². The van der Waals surface area contributed by atoms with Crippen LogP contribution in [-0.2, 0) is 0 Å². The van der Waals surface area contributed by atoms with E-state index in [1.165, 1.54) is 24.3 Å². The number of nitrogens with zero attached hydrogens (tertiary/aromatic N) is 2. The van der Waals surface area contributed by atoms with Crippen LogP contribution in [0.4, 0.5) is 11.6 Å². The number of hydrogen-bond donors (Lipinski definition) is 2. The lowest BCUT2D eigenvalue weighted by Crippen LogP contribution is -2.25. The van der Waals surface area contributed by atoms with Crippen LogP contribution in [0.2, 0.25) is 0 Å². The van der Waals surface area contributed by atoms with Gasteiger partial charge in [-0.25, -0.2) is 9.97 Å². The van der Waals surface area contributed by atoms with E-state index >= 15 is 0 Å². The van der Waals surface area contributed by atoms with E-state index in [0.717, 1.165) is 30.4 Å². The largest absolute Gasteiger partial charge is 0.370 e. The molecule has 2 rings (SSSR count). The summed E-state index contributed by atoms with van der Waals surface area (Å²) in [5.41, 5.74) is 0. The molecule has 0 spiro atoms. The molecule has 4 nitrogen and oxygen atoms in total. The van der Waals surface area contributed by atoms with Crippen LogP contribution in [0.1, 0.15) is 51.8 Å². The first-order valence-electron chi connectivity index (χ1n) is 7.66. The van der Waals surface area contributed by atoms with Crippen LogP contribution in [0.25, 0.3) is 0 Å². The summed E-state index contributed by atoms with van der Waals surface area (Å²) >= 11 is 2.05. The minimum absolute atomic E-state index is 0.348. The number of rotatable bonds is 6. The second-order valence-electron chi connectivity index (χ2n) is 5.61. The van der Waals surface area contributed by atoms with Crippen molar-refractivity contribution >= 4 is 23.4 Å². The molecule has 0 aliphatic carbocycles. The Morgan fingerprint density at radius 1 is 1.25 bits per heavy atom. The number of aromatic nitrogens is 2. The zero-order valence-corrected chi connectivity index (χ0v) is 13.6. The summed E-state index contributed by atoms with van der Waals surface area (Å²) in [4.78, 5) is 9.26. The van der Waals surface area contributed by atoms with E-state index in [-0.39, 0.29) is 0 Å². The first-order valence-corrected chi connectivity index (χ1v) is 8.81. The Morgan fingerprint density at radius 2 is 1.95 bits per heavy atom. The summed E-state index contributed by atoms with van der Waals surface area (Å²) in [6.07, 6.45) is 3.55. The van der Waals surface area contributed by atoms with Crippen molar-refractivity contribution in [2.24, 2.45) is 0 Å². The van der Waals surface area contributed by atoms with Crippen LogP contribution in [-0.4, -0.2) is 34.1 Å². The average molecular weight is 294 g/mol. The molecule has 0 atom stereocenters. The van der Waals surface area contributed by atoms with Crippen molar-refractivity contribution in [1.29, 1.82) is 0 Å². The molecule has 5 heteroatoms. The SMILES string of the molecule is CCCNc1cc(NC2CCSCC2)nc(C(C)C)n1. The predicted molar refractivity (Wildman–Crippen MR) is 88.9 cm³/mol. The normalized spacial score (nSPS) is 16.4. The lowest BCUT2D eigenvalue weighted by molar-refractivity contribution is 0.660. The summed E-state index contributed by atoms with van der Waals surface area (Å²) in [6, 6.07) is 2.61. The lowest BCUT2D eigenvalue weighted by atomic mass is 10.1. The van der Waals surface area contributed by atoms with Crippen molar-refractivity contribution in [3.63, 3.8) is 0 Å². The molecule has 0 radical (unpaired) electrons. The summed E-state index contributed by atoms with van der Waals surface area (Å²) < 4.78 is 0. The Bertz CT molecular complexity index is 416. The highest BCUT2D eigenvalue weighted by Crippen LogP contribution is 2.22. The minimum atomic E-state index is 0.348. The van der Waals surface area contributed by atoms with Gasteiger partial charge in [-0.3, -0.25) is 0 Å². The highest BCUT2D eigenvalue weighted by Gasteiger charge is 2.15. The van der Waals surface area contributed by atoms with Crippen molar-refractivity contribution in [3.8, 4) is 0 Å². The number of anilines is 2. The van der Waals surface area contributed by atoms with Crippen LogP contribution in [0, 0.1) is 0 Å². The van der Waals surface area contributed by atoms with Crippen LogP contribution in [0.5, 0.6) is 0 Å². The Hall–Kier alpha value is -0.970. The van der Waals surface area contributed by atoms with Gasteiger partial charge in [0.25, 0.3) is 0 Å². The Balaban J connectivity index is 2.10. The van der Waals surface area contributed by atoms with E-state index in [9.17, 15) is 0 Å². The maximum atomic E-state index is 4.67. The van der Waals surface area contributed by atoms with E-state index in [0.29, 0.717) is 12.0 Å². The molecular weight excluding hydrogens is 268 g/mol. The van der Waals surface area contributed by atoms with Gasteiger partial charge in [-0.2, -0.15) is 11.8 Å². The maximum absolute atomic E-state index is 4.67. The predicted octanol–water partition coefficient (Wildman–Crippen LogP) is 3.73. The quantitative estimate of drug-likeness (QED) is 0.837. The standard InChI is InChI=1S/C15H26N4S/c1-4-7-16-13-10-14(19-15(18-13)11(2)3)17-12-5-8-20-9-6-12/h10-12H,4-9H2,1-3H3,(H2,16,17,18,19). The molecule has 112 valence electrons. The second kappa shape index (κ2) is 7.72. The fourth-order valence-electron chi connectivity index (χ4n) is 2.19. The summed E-state index contributed by atoms with van der Waals surface area (Å²) in [6.45, 7) is 7.39. The molecule has 0 unspecified atom stereocenters.